The first-order valence-electron chi connectivity index (χ1n) is 10.7. The number of amides is 2. The normalized spacial score (nSPS) is 18.7. The summed E-state index contributed by atoms with van der Waals surface area (Å²) in [4.78, 5) is 30.3. The van der Waals surface area contributed by atoms with Crippen LogP contribution in [0.3, 0.4) is 0 Å². The zero-order valence-corrected chi connectivity index (χ0v) is 17.3. The maximum atomic E-state index is 13.4. The van der Waals surface area contributed by atoms with E-state index >= 15 is 0 Å². The van der Waals surface area contributed by atoms with E-state index in [0.29, 0.717) is 16.8 Å². The number of carbonyl (C=O) groups excluding carboxylic acids is 1. The second kappa shape index (κ2) is 9.01. The van der Waals surface area contributed by atoms with Gasteiger partial charge in [-0.3, -0.25) is 9.78 Å². The fourth-order valence-electron chi connectivity index (χ4n) is 4.43. The van der Waals surface area contributed by atoms with E-state index in [1.165, 1.54) is 18.3 Å². The van der Waals surface area contributed by atoms with Crippen LogP contribution in [0.5, 0.6) is 0 Å². The molecule has 2 amide bonds. The molecule has 2 fully saturated rings. The number of piperidine rings is 1. The van der Waals surface area contributed by atoms with Crippen molar-refractivity contribution in [3.05, 3.63) is 54.0 Å². The van der Waals surface area contributed by atoms with Gasteiger partial charge in [0.25, 0.3) is 5.91 Å². The lowest BCUT2D eigenvalue weighted by atomic mass is 9.76. The highest BCUT2D eigenvalue weighted by Gasteiger charge is 2.40. The average molecular weight is 426 g/mol. The number of aromatic nitrogens is 1. The minimum absolute atomic E-state index is 0.0800. The van der Waals surface area contributed by atoms with Crippen molar-refractivity contribution < 1.29 is 19.1 Å². The maximum absolute atomic E-state index is 13.4. The van der Waals surface area contributed by atoms with Crippen LogP contribution in [-0.4, -0.2) is 58.2 Å². The Balaban J connectivity index is 1.28. The van der Waals surface area contributed by atoms with Crippen molar-refractivity contribution in [1.82, 2.24) is 20.5 Å². The van der Waals surface area contributed by atoms with Crippen LogP contribution in [0.2, 0.25) is 0 Å². The first kappa shape index (κ1) is 21.2. The van der Waals surface area contributed by atoms with Gasteiger partial charge in [-0.05, 0) is 56.4 Å². The van der Waals surface area contributed by atoms with Crippen molar-refractivity contribution in [2.24, 2.45) is 0 Å². The summed E-state index contributed by atoms with van der Waals surface area (Å²) in [5.74, 6) is -0.491. The fraction of sp³-hybridized carbons (Fsp3) is 0.435. The Kier molecular flexibility index (Phi) is 6.18. The predicted molar refractivity (Wildman–Crippen MR) is 114 cm³/mol. The Bertz CT molecular complexity index is 938. The van der Waals surface area contributed by atoms with Crippen molar-refractivity contribution in [2.45, 2.75) is 43.7 Å². The highest BCUT2D eigenvalue weighted by molar-refractivity contribution is 5.94. The van der Waals surface area contributed by atoms with Gasteiger partial charge in [-0.2, -0.15) is 0 Å². The van der Waals surface area contributed by atoms with Gasteiger partial charge in [0.05, 0.1) is 16.8 Å². The van der Waals surface area contributed by atoms with Crippen LogP contribution in [0, 0.1) is 5.82 Å². The summed E-state index contributed by atoms with van der Waals surface area (Å²) in [6.07, 6.45) is 5.02. The Hall–Kier alpha value is -3.00. The molecule has 4 rings (SSSR count). The molecule has 2 aliphatic rings. The quantitative estimate of drug-likeness (QED) is 0.659. The van der Waals surface area contributed by atoms with Crippen molar-refractivity contribution in [2.75, 3.05) is 19.6 Å². The molecule has 8 heteroatoms. The second-order valence-corrected chi connectivity index (χ2v) is 8.53. The maximum Gasteiger partial charge on any atom is 0.405 e. The van der Waals surface area contributed by atoms with Gasteiger partial charge in [-0.1, -0.05) is 12.1 Å². The summed E-state index contributed by atoms with van der Waals surface area (Å²) < 4.78 is 13.4. The summed E-state index contributed by atoms with van der Waals surface area (Å²) in [5, 5.41) is 14.9. The number of carboxylic acid groups (broad SMARTS) is 1. The van der Waals surface area contributed by atoms with Gasteiger partial charge < -0.3 is 20.6 Å². The number of rotatable bonds is 6. The average Bonchev–Trinajstić information content (AvgIpc) is 2.73. The molecule has 7 nitrogen and oxygen atoms in total. The van der Waals surface area contributed by atoms with E-state index in [1.54, 1.807) is 24.3 Å². The highest BCUT2D eigenvalue weighted by atomic mass is 19.1. The molecule has 0 atom stereocenters. The number of hydrogen-bond donors (Lipinski definition) is 3. The number of nitrogens with zero attached hydrogens (tertiary/aromatic N) is 2. The molecule has 1 aromatic carbocycles. The Labute approximate surface area is 180 Å². The van der Waals surface area contributed by atoms with Gasteiger partial charge in [0.2, 0.25) is 0 Å². The number of carbonyl (C=O) groups is 2. The van der Waals surface area contributed by atoms with E-state index < -0.39 is 6.09 Å². The Morgan fingerprint density at radius 1 is 1.19 bits per heavy atom. The summed E-state index contributed by atoms with van der Waals surface area (Å²) in [5.41, 5.74) is 1.45. The molecule has 3 N–H and O–H groups in total. The van der Waals surface area contributed by atoms with Crippen LogP contribution in [0.1, 0.15) is 42.5 Å². The van der Waals surface area contributed by atoms with Crippen molar-refractivity contribution >= 4 is 12.0 Å². The smallest absolute Gasteiger partial charge is 0.405 e. The first-order valence-corrected chi connectivity index (χ1v) is 10.7. The molecular weight excluding hydrogens is 399 g/mol. The van der Waals surface area contributed by atoms with E-state index in [2.05, 4.69) is 20.5 Å². The summed E-state index contributed by atoms with van der Waals surface area (Å²) in [7, 11) is 0. The van der Waals surface area contributed by atoms with Crippen LogP contribution in [0.4, 0.5) is 9.18 Å². The zero-order valence-electron chi connectivity index (χ0n) is 17.3. The monoisotopic (exact) mass is 426 g/mol. The van der Waals surface area contributed by atoms with Gasteiger partial charge >= 0.3 is 6.09 Å². The van der Waals surface area contributed by atoms with Crippen LogP contribution < -0.4 is 10.6 Å². The van der Waals surface area contributed by atoms with Crippen molar-refractivity contribution in [3.63, 3.8) is 0 Å². The molecule has 1 aliphatic carbocycles. The molecule has 31 heavy (non-hydrogen) atoms. The van der Waals surface area contributed by atoms with Gasteiger partial charge in [-0.25, -0.2) is 9.18 Å². The Morgan fingerprint density at radius 2 is 1.97 bits per heavy atom. The summed E-state index contributed by atoms with van der Waals surface area (Å²) >= 11 is 0. The summed E-state index contributed by atoms with van der Waals surface area (Å²) in [6.45, 7) is 2.38. The van der Waals surface area contributed by atoms with Crippen molar-refractivity contribution in [1.29, 1.82) is 0 Å². The first-order chi connectivity index (χ1) is 14.9. The molecule has 164 valence electrons. The van der Waals surface area contributed by atoms with E-state index in [-0.39, 0.29) is 23.3 Å². The molecule has 1 aromatic heterocycles. The molecule has 0 radical (unpaired) electrons. The molecule has 1 aliphatic heterocycles. The number of hydrogen-bond acceptors (Lipinski definition) is 4. The molecule has 2 aromatic rings. The van der Waals surface area contributed by atoms with E-state index in [9.17, 15) is 14.0 Å². The summed E-state index contributed by atoms with van der Waals surface area (Å²) in [6, 6.07) is 9.70. The number of halogens is 1. The number of benzene rings is 1. The third kappa shape index (κ3) is 5.19. The minimum atomic E-state index is -0.959. The molecule has 0 unspecified atom stereocenters. The standard InChI is InChI=1S/C23H27FN4O3/c24-18-4-1-3-16(13-18)20-6-5-17(14-25-20)21(29)26-19-7-11-28(12-8-19)15-23(9-2-10-23)27-22(30)31/h1,3-6,13-14,19,27H,2,7-12,15H2,(H,26,29)(H,30,31). The Morgan fingerprint density at radius 3 is 2.55 bits per heavy atom. The molecular formula is C23H27FN4O3. The van der Waals surface area contributed by atoms with Crippen molar-refractivity contribution in [3.8, 4) is 11.3 Å². The molecule has 2 heterocycles. The van der Waals surface area contributed by atoms with E-state index in [0.717, 1.165) is 51.7 Å². The largest absolute Gasteiger partial charge is 0.465 e. The predicted octanol–water partition coefficient (Wildman–Crippen LogP) is 3.27. The topological polar surface area (TPSA) is 94.6 Å². The van der Waals surface area contributed by atoms with E-state index in [4.69, 9.17) is 5.11 Å². The zero-order chi connectivity index (χ0) is 21.8. The second-order valence-electron chi connectivity index (χ2n) is 8.53. The highest BCUT2D eigenvalue weighted by Crippen LogP contribution is 2.33. The SMILES string of the molecule is O=C(O)NC1(CN2CCC(NC(=O)c3ccc(-c4cccc(F)c4)nc3)CC2)CCC1. The lowest BCUT2D eigenvalue weighted by Gasteiger charge is -2.46. The van der Waals surface area contributed by atoms with Crippen LogP contribution in [0.25, 0.3) is 11.3 Å². The van der Waals surface area contributed by atoms with Crippen LogP contribution in [-0.2, 0) is 0 Å². The van der Waals surface area contributed by atoms with Gasteiger partial charge in [-0.15, -0.1) is 0 Å². The lowest BCUT2D eigenvalue weighted by molar-refractivity contribution is 0.0782. The fourth-order valence-corrected chi connectivity index (χ4v) is 4.43. The van der Waals surface area contributed by atoms with Crippen LogP contribution in [0.15, 0.2) is 42.6 Å². The third-order valence-electron chi connectivity index (χ3n) is 6.28. The minimum Gasteiger partial charge on any atom is -0.465 e. The molecule has 1 saturated carbocycles. The third-order valence-corrected chi connectivity index (χ3v) is 6.28. The lowest BCUT2D eigenvalue weighted by Crippen LogP contribution is -2.60. The number of pyridine rings is 1. The number of nitrogens with one attached hydrogen (secondary N) is 2. The van der Waals surface area contributed by atoms with Crippen LogP contribution >= 0.6 is 0 Å². The van der Waals surface area contributed by atoms with Gasteiger partial charge in [0.1, 0.15) is 5.82 Å². The molecule has 0 bridgehead atoms. The molecule has 0 spiro atoms. The van der Waals surface area contributed by atoms with E-state index in [1.807, 2.05) is 0 Å². The van der Waals surface area contributed by atoms with Gasteiger partial charge in [0.15, 0.2) is 0 Å². The number of likely N-dealkylation sites (tertiary alicyclic amines) is 1. The van der Waals surface area contributed by atoms with Gasteiger partial charge in [0, 0.05) is 37.4 Å². The molecule has 1 saturated heterocycles.